The predicted octanol–water partition coefficient (Wildman–Crippen LogP) is 3.30. The summed E-state index contributed by atoms with van der Waals surface area (Å²) in [6.45, 7) is 0.492. The number of nitrogens with zero attached hydrogens (tertiary/aromatic N) is 2. The van der Waals surface area contributed by atoms with Crippen molar-refractivity contribution < 1.29 is 24.3 Å². The van der Waals surface area contributed by atoms with Gasteiger partial charge in [-0.1, -0.05) is 49.2 Å². The number of amides is 3. The lowest BCUT2D eigenvalue weighted by atomic mass is 9.77. The number of benzene rings is 2. The Morgan fingerprint density at radius 3 is 2.15 bits per heavy atom. The van der Waals surface area contributed by atoms with Crippen LogP contribution in [0.2, 0.25) is 0 Å². The quantitative estimate of drug-likeness (QED) is 0.727. The summed E-state index contributed by atoms with van der Waals surface area (Å²) in [5.74, 6) is -3.09. The van der Waals surface area contributed by atoms with Crippen LogP contribution in [0.3, 0.4) is 0 Å². The number of carboxylic acids is 1. The van der Waals surface area contributed by atoms with E-state index in [0.29, 0.717) is 36.9 Å². The second-order valence-electron chi connectivity index (χ2n) is 9.10. The summed E-state index contributed by atoms with van der Waals surface area (Å²) in [5.41, 5.74) is 2.75. The van der Waals surface area contributed by atoms with Gasteiger partial charge >= 0.3 is 5.97 Å². The molecule has 3 aliphatic rings. The number of hydrogen-bond donors (Lipinski definition) is 1. The van der Waals surface area contributed by atoms with E-state index in [4.69, 9.17) is 0 Å². The lowest BCUT2D eigenvalue weighted by molar-refractivity contribution is -0.153. The van der Waals surface area contributed by atoms with Crippen LogP contribution in [0.15, 0.2) is 48.5 Å². The third-order valence-electron chi connectivity index (χ3n) is 7.33. The first kappa shape index (κ1) is 21.4. The van der Waals surface area contributed by atoms with Crippen LogP contribution in [0.25, 0.3) is 0 Å². The van der Waals surface area contributed by atoms with Crippen molar-refractivity contribution in [3.05, 3.63) is 70.8 Å². The maximum absolute atomic E-state index is 13.7. The first-order valence-corrected chi connectivity index (χ1v) is 11.5. The summed E-state index contributed by atoms with van der Waals surface area (Å²) >= 11 is 0. The van der Waals surface area contributed by atoms with Gasteiger partial charge < -0.3 is 10.0 Å². The topological polar surface area (TPSA) is 95.0 Å². The molecule has 0 aromatic heterocycles. The molecular weight excluding hydrogens is 420 g/mol. The molecule has 7 nitrogen and oxygen atoms in total. The molecule has 5 rings (SSSR count). The van der Waals surface area contributed by atoms with Gasteiger partial charge in [-0.25, -0.2) is 0 Å². The van der Waals surface area contributed by atoms with Crippen molar-refractivity contribution in [2.75, 3.05) is 13.1 Å². The van der Waals surface area contributed by atoms with E-state index in [2.05, 4.69) is 0 Å². The minimum Gasteiger partial charge on any atom is -0.481 e. The Morgan fingerprint density at radius 2 is 1.48 bits per heavy atom. The highest BCUT2D eigenvalue weighted by Gasteiger charge is 2.44. The summed E-state index contributed by atoms with van der Waals surface area (Å²) in [4.78, 5) is 54.6. The van der Waals surface area contributed by atoms with Gasteiger partial charge in [-0.2, -0.15) is 0 Å². The number of carboxylic acid groups (broad SMARTS) is 1. The summed E-state index contributed by atoms with van der Waals surface area (Å²) in [6, 6.07) is 14.0. The molecule has 1 unspecified atom stereocenters. The zero-order chi connectivity index (χ0) is 23.1. The molecule has 3 atom stereocenters. The highest BCUT2D eigenvalue weighted by atomic mass is 16.4. The van der Waals surface area contributed by atoms with Crippen LogP contribution >= 0.6 is 0 Å². The Balaban J connectivity index is 1.48. The molecule has 0 saturated heterocycles. The largest absolute Gasteiger partial charge is 0.481 e. The highest BCUT2D eigenvalue weighted by molar-refractivity contribution is 6.21. The van der Waals surface area contributed by atoms with Gasteiger partial charge in [0.05, 0.1) is 35.5 Å². The van der Waals surface area contributed by atoms with Crippen molar-refractivity contribution in [3.8, 4) is 0 Å². The van der Waals surface area contributed by atoms with E-state index in [1.54, 1.807) is 29.2 Å². The summed E-state index contributed by atoms with van der Waals surface area (Å²) in [5, 5.41) is 9.71. The summed E-state index contributed by atoms with van der Waals surface area (Å²) in [6.07, 6.45) is 3.34. The first-order chi connectivity index (χ1) is 16.0. The Kier molecular flexibility index (Phi) is 5.48. The molecule has 2 heterocycles. The standard InChI is InChI=1S/C26H26N2O5/c29-23(20-11-5-6-12-21(20)26(32)33)27-14-13-16-7-1-2-8-17(16)22(27)15-28-24(30)18-9-3-4-10-19(18)25(28)31/h1-4,7-10,20-22H,5-6,11-15H2,(H,32,33)/t20-,21-,22?/m1/s1. The monoisotopic (exact) mass is 446 g/mol. The van der Waals surface area contributed by atoms with Crippen LogP contribution in [0.1, 0.15) is 63.6 Å². The van der Waals surface area contributed by atoms with Crippen LogP contribution in [-0.4, -0.2) is 51.7 Å². The van der Waals surface area contributed by atoms with Gasteiger partial charge in [0.25, 0.3) is 11.8 Å². The van der Waals surface area contributed by atoms with Crippen LogP contribution in [0, 0.1) is 11.8 Å². The van der Waals surface area contributed by atoms with E-state index < -0.39 is 23.8 Å². The van der Waals surface area contributed by atoms with Gasteiger partial charge in [0, 0.05) is 6.54 Å². The van der Waals surface area contributed by atoms with Crippen LogP contribution < -0.4 is 0 Å². The van der Waals surface area contributed by atoms with Gasteiger partial charge in [-0.3, -0.25) is 24.1 Å². The second-order valence-corrected chi connectivity index (χ2v) is 9.10. The average molecular weight is 447 g/mol. The Labute approximate surface area is 192 Å². The number of aliphatic carboxylic acids is 1. The van der Waals surface area contributed by atoms with Gasteiger partial charge in [-0.15, -0.1) is 0 Å². The fraction of sp³-hybridized carbons (Fsp3) is 0.385. The number of imide groups is 1. The van der Waals surface area contributed by atoms with Crippen LogP contribution in [-0.2, 0) is 16.0 Å². The Bertz CT molecular complexity index is 1110. The molecule has 2 aliphatic heterocycles. The van der Waals surface area contributed by atoms with E-state index in [1.807, 2.05) is 24.3 Å². The van der Waals surface area contributed by atoms with Gasteiger partial charge in [0.2, 0.25) is 5.91 Å². The zero-order valence-electron chi connectivity index (χ0n) is 18.3. The van der Waals surface area contributed by atoms with E-state index >= 15 is 0 Å². The lowest BCUT2D eigenvalue weighted by Crippen LogP contribution is -2.50. The van der Waals surface area contributed by atoms with Crippen molar-refractivity contribution >= 4 is 23.7 Å². The normalized spacial score (nSPS) is 24.4. The van der Waals surface area contributed by atoms with E-state index in [9.17, 15) is 24.3 Å². The maximum Gasteiger partial charge on any atom is 0.307 e. The number of carbonyl (C=O) groups excluding carboxylic acids is 3. The van der Waals surface area contributed by atoms with Crippen molar-refractivity contribution in [2.45, 2.75) is 38.1 Å². The van der Waals surface area contributed by atoms with Gasteiger partial charge in [-0.05, 0) is 42.5 Å². The van der Waals surface area contributed by atoms with Gasteiger partial charge in [0.15, 0.2) is 0 Å². The Hall–Kier alpha value is -3.48. The fourth-order valence-corrected chi connectivity index (χ4v) is 5.63. The van der Waals surface area contributed by atoms with Crippen molar-refractivity contribution in [2.24, 2.45) is 11.8 Å². The van der Waals surface area contributed by atoms with Crippen molar-refractivity contribution in [1.82, 2.24) is 9.80 Å². The molecule has 0 spiro atoms. The average Bonchev–Trinajstić information content (AvgIpc) is 3.08. The Morgan fingerprint density at radius 1 is 0.879 bits per heavy atom. The van der Waals surface area contributed by atoms with E-state index in [0.717, 1.165) is 24.0 Å². The molecule has 1 fully saturated rings. The highest BCUT2D eigenvalue weighted by Crippen LogP contribution is 2.38. The minimum absolute atomic E-state index is 0.0551. The molecular formula is C26H26N2O5. The first-order valence-electron chi connectivity index (χ1n) is 11.5. The number of fused-ring (bicyclic) bond motifs is 2. The summed E-state index contributed by atoms with van der Waals surface area (Å²) in [7, 11) is 0. The fourth-order valence-electron chi connectivity index (χ4n) is 5.63. The van der Waals surface area contributed by atoms with Crippen molar-refractivity contribution in [1.29, 1.82) is 0 Å². The maximum atomic E-state index is 13.7. The van der Waals surface area contributed by atoms with Crippen LogP contribution in [0.5, 0.6) is 0 Å². The van der Waals surface area contributed by atoms with Gasteiger partial charge in [0.1, 0.15) is 0 Å². The smallest absolute Gasteiger partial charge is 0.307 e. The number of hydrogen-bond acceptors (Lipinski definition) is 4. The molecule has 1 saturated carbocycles. The molecule has 33 heavy (non-hydrogen) atoms. The van der Waals surface area contributed by atoms with E-state index in [1.165, 1.54) is 4.90 Å². The third-order valence-corrected chi connectivity index (χ3v) is 7.33. The van der Waals surface area contributed by atoms with Crippen LogP contribution in [0.4, 0.5) is 0 Å². The minimum atomic E-state index is -0.928. The molecule has 0 bridgehead atoms. The molecule has 0 radical (unpaired) electrons. The zero-order valence-corrected chi connectivity index (χ0v) is 18.3. The van der Waals surface area contributed by atoms with E-state index in [-0.39, 0.29) is 24.3 Å². The third kappa shape index (κ3) is 3.61. The lowest BCUT2D eigenvalue weighted by Gasteiger charge is -2.42. The summed E-state index contributed by atoms with van der Waals surface area (Å²) < 4.78 is 0. The molecule has 1 aliphatic carbocycles. The number of rotatable bonds is 4. The molecule has 170 valence electrons. The SMILES string of the molecule is O=C(O)[C@@H]1CCCC[C@H]1C(=O)N1CCc2ccccc2C1CN1C(=O)c2ccccc2C1=O. The number of carbonyl (C=O) groups is 4. The van der Waals surface area contributed by atoms with Crippen molar-refractivity contribution in [3.63, 3.8) is 0 Å². The predicted molar refractivity (Wildman–Crippen MR) is 119 cm³/mol. The molecule has 1 N–H and O–H groups in total. The second kappa shape index (κ2) is 8.46. The molecule has 2 aromatic rings. The molecule has 2 aromatic carbocycles. The molecule has 7 heteroatoms. The molecule has 3 amide bonds.